The molecule has 1 aliphatic rings. The van der Waals surface area contributed by atoms with Gasteiger partial charge in [0, 0.05) is 54.6 Å². The second-order valence-electron chi connectivity index (χ2n) is 8.21. The van der Waals surface area contributed by atoms with Crippen molar-refractivity contribution in [1.82, 2.24) is 14.9 Å². The van der Waals surface area contributed by atoms with Gasteiger partial charge in [-0.1, -0.05) is 24.8 Å². The van der Waals surface area contributed by atoms with Crippen molar-refractivity contribution in [2.45, 2.75) is 23.3 Å². The van der Waals surface area contributed by atoms with Gasteiger partial charge in [0.1, 0.15) is 5.03 Å². The number of benzene rings is 2. The monoisotopic (exact) mass is 493 g/mol. The summed E-state index contributed by atoms with van der Waals surface area (Å²) < 4.78 is 0. The molecule has 182 valence electrons. The maximum absolute atomic E-state index is 12.1. The van der Waals surface area contributed by atoms with Crippen LogP contribution in [0.25, 0.3) is 0 Å². The highest BCUT2D eigenvalue weighted by molar-refractivity contribution is 7.99. The fourth-order valence-electron chi connectivity index (χ4n) is 3.75. The molecule has 1 fully saturated rings. The first-order valence-electron chi connectivity index (χ1n) is 11.3. The minimum absolute atomic E-state index is 0.00597. The average molecular weight is 494 g/mol. The molecule has 0 unspecified atom stereocenters. The van der Waals surface area contributed by atoms with Gasteiger partial charge in [0.25, 0.3) is 11.6 Å². The van der Waals surface area contributed by atoms with Crippen LogP contribution in [0.1, 0.15) is 23.1 Å². The van der Waals surface area contributed by atoms with E-state index < -0.39 is 10.8 Å². The van der Waals surface area contributed by atoms with Gasteiger partial charge in [-0.25, -0.2) is 9.97 Å². The predicted octanol–water partition coefficient (Wildman–Crippen LogP) is 3.69. The number of carbonyl (C=O) groups excluding carboxylic acids is 1. The van der Waals surface area contributed by atoms with Crippen molar-refractivity contribution in [3.63, 3.8) is 0 Å². The van der Waals surface area contributed by atoms with Crippen molar-refractivity contribution >= 4 is 40.5 Å². The number of hydrogen-bond acceptors (Lipinski definition) is 9. The first-order valence-corrected chi connectivity index (χ1v) is 12.1. The molecule has 2 aromatic carbocycles. The number of aryl methyl sites for hydroxylation is 1. The summed E-state index contributed by atoms with van der Waals surface area (Å²) in [4.78, 5) is 37.3. The molecule has 10 nitrogen and oxygen atoms in total. The summed E-state index contributed by atoms with van der Waals surface area (Å²) in [5.41, 5.74) is 8.12. The molecular weight excluding hydrogens is 466 g/mol. The molecule has 0 spiro atoms. The van der Waals surface area contributed by atoms with Gasteiger partial charge in [-0.2, -0.15) is 0 Å². The predicted molar refractivity (Wildman–Crippen MR) is 137 cm³/mol. The number of nitrogens with zero attached hydrogens (tertiary/aromatic N) is 5. The van der Waals surface area contributed by atoms with Crippen LogP contribution in [0.2, 0.25) is 0 Å². The van der Waals surface area contributed by atoms with Gasteiger partial charge in [-0.15, -0.1) is 0 Å². The molecule has 0 aliphatic carbocycles. The first kappa shape index (κ1) is 24.4. The van der Waals surface area contributed by atoms with E-state index in [1.807, 2.05) is 31.2 Å². The van der Waals surface area contributed by atoms with E-state index in [2.05, 4.69) is 32.1 Å². The molecule has 1 aliphatic heterocycles. The van der Waals surface area contributed by atoms with Gasteiger partial charge >= 0.3 is 0 Å². The number of nitro groups is 1. The standard InChI is InChI=1S/C24H27N7O3S/c1-3-20-24(35-19-6-4-5-18(15-19)31(33)34)28-23(21(27-20)22(25)32)26-16-7-9-17(10-8-16)30-13-11-29(2)12-14-30/h4-10,15H,3,11-14H2,1-2H3,(H2,25,32)(H,26,28). The molecule has 3 N–H and O–H groups in total. The molecule has 0 radical (unpaired) electrons. The average Bonchev–Trinajstić information content (AvgIpc) is 2.85. The molecule has 0 saturated carbocycles. The van der Waals surface area contributed by atoms with Crippen molar-refractivity contribution < 1.29 is 9.72 Å². The van der Waals surface area contributed by atoms with Gasteiger partial charge in [0.05, 0.1) is 10.6 Å². The van der Waals surface area contributed by atoms with Crippen LogP contribution >= 0.6 is 11.8 Å². The van der Waals surface area contributed by atoms with Gasteiger partial charge < -0.3 is 20.9 Å². The molecule has 0 atom stereocenters. The zero-order chi connectivity index (χ0) is 24.9. The second kappa shape index (κ2) is 10.7. The van der Waals surface area contributed by atoms with Crippen molar-refractivity contribution in [3.8, 4) is 0 Å². The number of nitro benzene ring substituents is 1. The van der Waals surface area contributed by atoms with E-state index in [4.69, 9.17) is 5.73 Å². The lowest BCUT2D eigenvalue weighted by molar-refractivity contribution is -0.385. The van der Waals surface area contributed by atoms with Crippen LogP contribution in [-0.4, -0.2) is 58.9 Å². The number of aromatic nitrogens is 2. The molecule has 35 heavy (non-hydrogen) atoms. The van der Waals surface area contributed by atoms with E-state index in [1.165, 1.54) is 23.9 Å². The van der Waals surface area contributed by atoms with Crippen LogP contribution in [0.3, 0.4) is 0 Å². The normalized spacial score (nSPS) is 14.1. The number of carbonyl (C=O) groups is 1. The van der Waals surface area contributed by atoms with Gasteiger partial charge in [0.2, 0.25) is 0 Å². The Morgan fingerprint density at radius 2 is 1.86 bits per heavy atom. The Balaban J connectivity index is 1.60. The number of likely N-dealkylation sites (N-methyl/N-ethyl adjacent to an activating group) is 1. The quantitative estimate of drug-likeness (QED) is 0.356. The first-order chi connectivity index (χ1) is 16.8. The molecule has 11 heteroatoms. The largest absolute Gasteiger partial charge is 0.369 e. The fraction of sp³-hybridized carbons (Fsp3) is 0.292. The number of piperazine rings is 1. The van der Waals surface area contributed by atoms with Crippen LogP contribution in [0.5, 0.6) is 0 Å². The Labute approximate surface area is 207 Å². The van der Waals surface area contributed by atoms with E-state index >= 15 is 0 Å². The molecule has 0 bridgehead atoms. The fourth-order valence-corrected chi connectivity index (χ4v) is 4.75. The minimum atomic E-state index is -0.685. The second-order valence-corrected chi connectivity index (χ2v) is 9.27. The van der Waals surface area contributed by atoms with Crippen LogP contribution in [0, 0.1) is 10.1 Å². The van der Waals surface area contributed by atoms with Crippen LogP contribution in [-0.2, 0) is 6.42 Å². The number of nitrogens with two attached hydrogens (primary N) is 1. The lowest BCUT2D eigenvalue weighted by Gasteiger charge is -2.34. The molecule has 4 rings (SSSR count). The summed E-state index contributed by atoms with van der Waals surface area (Å²) in [6.07, 6.45) is 0.518. The summed E-state index contributed by atoms with van der Waals surface area (Å²) in [6, 6.07) is 14.2. The summed E-state index contributed by atoms with van der Waals surface area (Å²) >= 11 is 1.26. The number of non-ortho nitro benzene ring substituents is 1. The maximum atomic E-state index is 12.1. The maximum Gasteiger partial charge on any atom is 0.271 e. The van der Waals surface area contributed by atoms with Crippen molar-refractivity contribution in [2.24, 2.45) is 5.73 Å². The van der Waals surface area contributed by atoms with Crippen molar-refractivity contribution in [1.29, 1.82) is 0 Å². The SMILES string of the molecule is CCc1nc(C(N)=O)c(Nc2ccc(N3CCN(C)CC3)cc2)nc1Sc1cccc([N+](=O)[O-])c1. The highest BCUT2D eigenvalue weighted by Gasteiger charge is 2.19. The zero-order valence-electron chi connectivity index (χ0n) is 19.6. The molecule has 3 aromatic rings. The summed E-state index contributed by atoms with van der Waals surface area (Å²) in [5, 5.41) is 14.9. The number of hydrogen-bond donors (Lipinski definition) is 2. The van der Waals surface area contributed by atoms with Crippen LogP contribution < -0.4 is 16.0 Å². The van der Waals surface area contributed by atoms with Gasteiger partial charge in [-0.05, 0) is 43.8 Å². The summed E-state index contributed by atoms with van der Waals surface area (Å²) in [5.74, 6) is -0.439. The molecular formula is C24H27N7O3S. The molecule has 1 aromatic heterocycles. The highest BCUT2D eigenvalue weighted by atomic mass is 32.2. The van der Waals surface area contributed by atoms with E-state index in [1.54, 1.807) is 12.1 Å². The lowest BCUT2D eigenvalue weighted by atomic mass is 10.2. The Morgan fingerprint density at radius 3 is 2.49 bits per heavy atom. The third-order valence-electron chi connectivity index (χ3n) is 5.74. The smallest absolute Gasteiger partial charge is 0.271 e. The number of amides is 1. The summed E-state index contributed by atoms with van der Waals surface area (Å²) in [7, 11) is 2.12. The van der Waals surface area contributed by atoms with Crippen LogP contribution in [0.4, 0.5) is 22.9 Å². The third kappa shape index (κ3) is 5.87. The molecule has 1 amide bonds. The van der Waals surface area contributed by atoms with E-state index in [0.717, 1.165) is 37.6 Å². The van der Waals surface area contributed by atoms with Crippen molar-refractivity contribution in [2.75, 3.05) is 43.4 Å². The van der Waals surface area contributed by atoms with Gasteiger partial charge in [-0.3, -0.25) is 14.9 Å². The minimum Gasteiger partial charge on any atom is -0.369 e. The highest BCUT2D eigenvalue weighted by Crippen LogP contribution is 2.33. The number of primary amides is 1. The zero-order valence-corrected chi connectivity index (χ0v) is 20.4. The Morgan fingerprint density at radius 1 is 1.14 bits per heavy atom. The van der Waals surface area contributed by atoms with E-state index in [9.17, 15) is 14.9 Å². The number of rotatable bonds is 8. The number of anilines is 3. The Bertz CT molecular complexity index is 1230. The Kier molecular flexibility index (Phi) is 7.47. The Hall–Kier alpha value is -3.70. The van der Waals surface area contributed by atoms with E-state index in [-0.39, 0.29) is 17.2 Å². The summed E-state index contributed by atoms with van der Waals surface area (Å²) in [6.45, 7) is 5.88. The van der Waals surface area contributed by atoms with Crippen LogP contribution in [0.15, 0.2) is 58.5 Å². The molecule has 1 saturated heterocycles. The van der Waals surface area contributed by atoms with Crippen molar-refractivity contribution in [3.05, 3.63) is 70.0 Å². The third-order valence-corrected chi connectivity index (χ3v) is 6.75. The topological polar surface area (TPSA) is 131 Å². The van der Waals surface area contributed by atoms with E-state index in [0.29, 0.717) is 22.0 Å². The molecule has 2 heterocycles. The van der Waals surface area contributed by atoms with Gasteiger partial charge in [0.15, 0.2) is 11.5 Å². The number of nitrogens with one attached hydrogen (secondary N) is 1. The lowest BCUT2D eigenvalue weighted by Crippen LogP contribution is -2.44.